The van der Waals surface area contributed by atoms with E-state index < -0.39 is 11.6 Å². The highest BCUT2D eigenvalue weighted by atomic mass is 79.9. The van der Waals surface area contributed by atoms with Crippen molar-refractivity contribution < 1.29 is 14.3 Å². The molecule has 1 unspecified atom stereocenters. The van der Waals surface area contributed by atoms with Crippen molar-refractivity contribution in [3.8, 4) is 5.75 Å². The van der Waals surface area contributed by atoms with Crippen LogP contribution >= 0.6 is 39.1 Å². The third-order valence-electron chi connectivity index (χ3n) is 4.18. The maximum atomic E-state index is 13.0. The first-order chi connectivity index (χ1) is 14.0. The zero-order chi connectivity index (χ0) is 22.5. The second-order valence-corrected chi connectivity index (χ2v) is 9.66. The molecule has 30 heavy (non-hydrogen) atoms. The first-order valence-electron chi connectivity index (χ1n) is 9.40. The van der Waals surface area contributed by atoms with E-state index >= 15 is 0 Å². The summed E-state index contributed by atoms with van der Waals surface area (Å²) in [7, 11) is 0. The largest absolute Gasteiger partial charge is 0.484 e. The number of carbonyl (C=O) groups is 2. The van der Waals surface area contributed by atoms with Crippen LogP contribution in [0, 0.1) is 0 Å². The minimum absolute atomic E-state index is 0.193. The summed E-state index contributed by atoms with van der Waals surface area (Å²) < 4.78 is 6.54. The first-order valence-corrected chi connectivity index (χ1v) is 10.9. The van der Waals surface area contributed by atoms with Crippen molar-refractivity contribution in [3.63, 3.8) is 0 Å². The van der Waals surface area contributed by atoms with Gasteiger partial charge in [0.05, 0.1) is 10.0 Å². The van der Waals surface area contributed by atoms with Crippen molar-refractivity contribution in [3.05, 3.63) is 62.5 Å². The minimum atomic E-state index is -0.709. The van der Waals surface area contributed by atoms with Crippen LogP contribution in [0.2, 0.25) is 10.0 Å². The number of ether oxygens (including phenoxy) is 1. The number of nitrogens with zero attached hydrogens (tertiary/aromatic N) is 1. The van der Waals surface area contributed by atoms with Crippen molar-refractivity contribution in [1.29, 1.82) is 0 Å². The molecule has 0 saturated heterocycles. The van der Waals surface area contributed by atoms with Crippen molar-refractivity contribution in [2.75, 3.05) is 6.61 Å². The zero-order valence-corrected chi connectivity index (χ0v) is 20.4. The fourth-order valence-corrected chi connectivity index (χ4v) is 3.24. The molecular weight excluding hydrogens is 491 g/mol. The van der Waals surface area contributed by atoms with Gasteiger partial charge in [-0.05, 0) is 69.7 Å². The molecule has 162 valence electrons. The smallest absolute Gasteiger partial charge is 0.261 e. The van der Waals surface area contributed by atoms with Crippen LogP contribution in [0.15, 0.2) is 46.9 Å². The summed E-state index contributed by atoms with van der Waals surface area (Å²) in [6, 6.07) is 11.6. The Morgan fingerprint density at radius 1 is 1.10 bits per heavy atom. The molecule has 0 aromatic heterocycles. The van der Waals surface area contributed by atoms with Gasteiger partial charge in [-0.3, -0.25) is 9.59 Å². The summed E-state index contributed by atoms with van der Waals surface area (Å²) in [6.45, 7) is 7.35. The lowest BCUT2D eigenvalue weighted by Crippen LogP contribution is -2.53. The van der Waals surface area contributed by atoms with Crippen molar-refractivity contribution in [2.45, 2.75) is 45.8 Å². The maximum absolute atomic E-state index is 13.0. The number of halogens is 3. The first kappa shape index (κ1) is 24.5. The molecule has 0 radical (unpaired) electrons. The quantitative estimate of drug-likeness (QED) is 0.532. The van der Waals surface area contributed by atoms with Gasteiger partial charge in [0.1, 0.15) is 11.8 Å². The van der Waals surface area contributed by atoms with Crippen molar-refractivity contribution >= 4 is 50.9 Å². The Balaban J connectivity index is 2.19. The molecule has 0 fully saturated rings. The average molecular weight is 516 g/mol. The van der Waals surface area contributed by atoms with E-state index in [0.717, 1.165) is 10.0 Å². The van der Waals surface area contributed by atoms with Crippen molar-refractivity contribution in [2.24, 2.45) is 0 Å². The van der Waals surface area contributed by atoms with Crippen LogP contribution in [0.25, 0.3) is 0 Å². The molecule has 0 bridgehead atoms. The summed E-state index contributed by atoms with van der Waals surface area (Å²) in [5, 5.41) is 3.73. The molecule has 5 nitrogen and oxygen atoms in total. The lowest BCUT2D eigenvalue weighted by Gasteiger charge is -2.31. The number of nitrogens with one attached hydrogen (secondary N) is 1. The molecule has 8 heteroatoms. The van der Waals surface area contributed by atoms with E-state index in [4.69, 9.17) is 27.9 Å². The van der Waals surface area contributed by atoms with E-state index in [1.54, 1.807) is 37.3 Å². The fourth-order valence-electron chi connectivity index (χ4n) is 2.65. The molecule has 2 aromatic carbocycles. The molecule has 2 aromatic rings. The molecule has 0 aliphatic carbocycles. The van der Waals surface area contributed by atoms with Gasteiger partial charge in [-0.25, -0.2) is 0 Å². The van der Waals surface area contributed by atoms with Crippen LogP contribution in [-0.4, -0.2) is 34.9 Å². The van der Waals surface area contributed by atoms with Crippen LogP contribution in [0.5, 0.6) is 5.75 Å². The number of benzene rings is 2. The van der Waals surface area contributed by atoms with Crippen LogP contribution < -0.4 is 10.1 Å². The Morgan fingerprint density at radius 3 is 2.30 bits per heavy atom. The number of hydrogen-bond acceptors (Lipinski definition) is 3. The summed E-state index contributed by atoms with van der Waals surface area (Å²) in [4.78, 5) is 27.2. The highest BCUT2D eigenvalue weighted by molar-refractivity contribution is 9.10. The molecular formula is C22H25BrCl2N2O3. The van der Waals surface area contributed by atoms with Gasteiger partial charge in [0, 0.05) is 16.6 Å². The molecule has 0 heterocycles. The third kappa shape index (κ3) is 7.49. The molecule has 2 amide bonds. The number of rotatable bonds is 7. The Labute approximate surface area is 195 Å². The van der Waals surface area contributed by atoms with E-state index in [1.165, 1.54) is 4.90 Å². The van der Waals surface area contributed by atoms with Gasteiger partial charge in [-0.15, -0.1) is 0 Å². The summed E-state index contributed by atoms with van der Waals surface area (Å²) in [6.07, 6.45) is 0. The molecule has 2 rings (SSSR count). The van der Waals surface area contributed by atoms with Gasteiger partial charge in [0.15, 0.2) is 6.61 Å². The molecule has 0 aliphatic heterocycles. The maximum Gasteiger partial charge on any atom is 0.261 e. The topological polar surface area (TPSA) is 58.6 Å². The van der Waals surface area contributed by atoms with Crippen LogP contribution in [0.3, 0.4) is 0 Å². The predicted octanol–water partition coefficient (Wildman–Crippen LogP) is 5.47. The zero-order valence-electron chi connectivity index (χ0n) is 17.3. The molecule has 1 atom stereocenters. The lowest BCUT2D eigenvalue weighted by atomic mass is 10.1. The van der Waals surface area contributed by atoms with Gasteiger partial charge in [-0.1, -0.05) is 45.2 Å². The Hall–Kier alpha value is -1.76. The fraction of sp³-hybridized carbons (Fsp3) is 0.364. The number of carbonyl (C=O) groups excluding carboxylic acids is 2. The minimum Gasteiger partial charge on any atom is -0.484 e. The van der Waals surface area contributed by atoms with Crippen LogP contribution in [0.1, 0.15) is 33.3 Å². The van der Waals surface area contributed by atoms with E-state index in [2.05, 4.69) is 21.2 Å². The second kappa shape index (κ2) is 10.5. The Morgan fingerprint density at radius 2 is 1.73 bits per heavy atom. The highest BCUT2D eigenvalue weighted by Crippen LogP contribution is 2.24. The van der Waals surface area contributed by atoms with Crippen molar-refractivity contribution in [1.82, 2.24) is 10.2 Å². The second-order valence-electron chi connectivity index (χ2n) is 7.93. The van der Waals surface area contributed by atoms with E-state index in [-0.39, 0.29) is 25.0 Å². The normalized spacial score (nSPS) is 12.2. The average Bonchev–Trinajstić information content (AvgIpc) is 2.66. The number of hydrogen-bond donors (Lipinski definition) is 1. The van der Waals surface area contributed by atoms with E-state index in [0.29, 0.717) is 15.8 Å². The van der Waals surface area contributed by atoms with Crippen LogP contribution in [-0.2, 0) is 16.1 Å². The third-order valence-corrected chi connectivity index (χ3v) is 5.45. The lowest BCUT2D eigenvalue weighted by molar-refractivity contribution is -0.142. The predicted molar refractivity (Wildman–Crippen MR) is 124 cm³/mol. The molecule has 0 aliphatic rings. The Bertz CT molecular complexity index is 898. The monoisotopic (exact) mass is 514 g/mol. The van der Waals surface area contributed by atoms with Crippen LogP contribution in [0.4, 0.5) is 0 Å². The summed E-state index contributed by atoms with van der Waals surface area (Å²) >= 11 is 15.5. The molecule has 0 saturated carbocycles. The Kier molecular flexibility index (Phi) is 8.59. The standard InChI is InChI=1S/C22H25BrCl2N2O3/c1-14(21(29)26-22(2,3)4)27(12-15-5-10-18(24)19(25)11-15)20(28)13-30-17-8-6-16(23)7-9-17/h5-11,14H,12-13H2,1-4H3,(H,26,29). The van der Waals surface area contributed by atoms with Gasteiger partial charge in [0.2, 0.25) is 5.91 Å². The van der Waals surface area contributed by atoms with Gasteiger partial charge >= 0.3 is 0 Å². The van der Waals surface area contributed by atoms with E-state index in [1.807, 2.05) is 32.9 Å². The van der Waals surface area contributed by atoms with E-state index in [9.17, 15) is 9.59 Å². The van der Waals surface area contributed by atoms with Gasteiger partial charge < -0.3 is 15.0 Å². The van der Waals surface area contributed by atoms with Gasteiger partial charge in [0.25, 0.3) is 5.91 Å². The summed E-state index contributed by atoms with van der Waals surface area (Å²) in [5.41, 5.74) is 0.342. The highest BCUT2D eigenvalue weighted by Gasteiger charge is 2.28. The van der Waals surface area contributed by atoms with Gasteiger partial charge in [-0.2, -0.15) is 0 Å². The summed E-state index contributed by atoms with van der Waals surface area (Å²) in [5.74, 6) is -0.00654. The number of amides is 2. The molecule has 1 N–H and O–H groups in total. The molecule has 0 spiro atoms. The SMILES string of the molecule is CC(C(=O)NC(C)(C)C)N(Cc1ccc(Cl)c(Cl)c1)C(=O)COc1ccc(Br)cc1.